The van der Waals surface area contributed by atoms with Crippen LogP contribution in [0.1, 0.15) is 22.3 Å². The predicted molar refractivity (Wildman–Crippen MR) is 206 cm³/mol. The van der Waals surface area contributed by atoms with E-state index < -0.39 is 5.41 Å². The fourth-order valence-electron chi connectivity index (χ4n) is 8.24. The molecular formula is C47H32N4Pt. The third-order valence-electron chi connectivity index (χ3n) is 10.6. The number of aromatic nitrogens is 4. The number of benzene rings is 7. The Morgan fingerprint density at radius 2 is 0.981 bits per heavy atom. The maximum atomic E-state index is 5.17. The number of hydrogen-bond donors (Lipinski definition) is 0. The zero-order chi connectivity index (χ0) is 34.1. The van der Waals surface area contributed by atoms with Crippen LogP contribution in [-0.2, 0) is 40.6 Å². The van der Waals surface area contributed by atoms with Crippen molar-refractivity contribution in [3.05, 3.63) is 192 Å². The number of aryl methyl sites for hydroxylation is 2. The van der Waals surface area contributed by atoms with Crippen molar-refractivity contribution in [2.45, 2.75) is 5.41 Å². The van der Waals surface area contributed by atoms with Gasteiger partial charge >= 0.3 is 21.1 Å². The van der Waals surface area contributed by atoms with Gasteiger partial charge in [-0.15, -0.1) is 70.3 Å². The molecule has 1 aliphatic rings. The Labute approximate surface area is 317 Å². The monoisotopic (exact) mass is 847 g/mol. The molecule has 0 saturated heterocycles. The Bertz CT molecular complexity index is 2750. The molecule has 0 amide bonds. The third-order valence-corrected chi connectivity index (χ3v) is 10.6. The van der Waals surface area contributed by atoms with Crippen LogP contribution >= 0.6 is 0 Å². The second kappa shape index (κ2) is 12.4. The molecule has 7 aromatic carbocycles. The largest absolute Gasteiger partial charge is 2.00 e. The van der Waals surface area contributed by atoms with Crippen molar-refractivity contribution in [3.8, 4) is 45.0 Å². The van der Waals surface area contributed by atoms with Crippen LogP contribution in [0.2, 0.25) is 0 Å². The first-order chi connectivity index (χ1) is 25.1. The van der Waals surface area contributed by atoms with Crippen LogP contribution in [0.5, 0.6) is 0 Å². The predicted octanol–water partition coefficient (Wildman–Crippen LogP) is 10.4. The van der Waals surface area contributed by atoms with Gasteiger partial charge in [0, 0.05) is 19.5 Å². The van der Waals surface area contributed by atoms with Crippen LogP contribution in [0, 0.1) is 12.1 Å². The second-order valence-corrected chi connectivity index (χ2v) is 13.3. The minimum absolute atomic E-state index is 0. The van der Waals surface area contributed by atoms with E-state index in [4.69, 9.17) is 9.97 Å². The van der Waals surface area contributed by atoms with Crippen molar-refractivity contribution in [1.82, 2.24) is 19.1 Å². The average Bonchev–Trinajstić information content (AvgIpc) is 3.82. The molecule has 0 N–H and O–H groups in total. The molecule has 0 atom stereocenters. The van der Waals surface area contributed by atoms with E-state index >= 15 is 0 Å². The number of nitrogens with zero attached hydrogens (tertiary/aromatic N) is 4. The summed E-state index contributed by atoms with van der Waals surface area (Å²) in [5, 5.41) is 0. The molecule has 0 saturated carbocycles. The summed E-state index contributed by atoms with van der Waals surface area (Å²) in [6.45, 7) is 0. The summed E-state index contributed by atoms with van der Waals surface area (Å²) < 4.78 is 4.35. The maximum Gasteiger partial charge on any atom is 2.00 e. The SMILES string of the molecule is Cn1c(-c2[c-]c(C3(c4[c-]c(-c5nc6ccccc6n5C)cc(-c5ccccc5)c4)c4ccccc4-c4ccccc43)ccc2)nc2ccccc21.[Pt+2]. The summed E-state index contributed by atoms with van der Waals surface area (Å²) >= 11 is 0. The molecule has 250 valence electrons. The van der Waals surface area contributed by atoms with E-state index in [2.05, 4.69) is 181 Å². The Kier molecular flexibility index (Phi) is 7.68. The quantitative estimate of drug-likeness (QED) is 0.162. The molecule has 0 unspecified atom stereocenters. The molecule has 0 bridgehead atoms. The normalized spacial score (nSPS) is 12.8. The smallest absolute Gasteiger partial charge is 0.367 e. The van der Waals surface area contributed by atoms with Gasteiger partial charge in [0.25, 0.3) is 0 Å². The Hall–Kier alpha value is -5.83. The van der Waals surface area contributed by atoms with Crippen LogP contribution in [0.25, 0.3) is 67.1 Å². The van der Waals surface area contributed by atoms with Gasteiger partial charge in [-0.2, -0.15) is 0 Å². The van der Waals surface area contributed by atoms with Gasteiger partial charge in [0.2, 0.25) is 0 Å². The van der Waals surface area contributed by atoms with E-state index in [1.165, 1.54) is 22.3 Å². The summed E-state index contributed by atoms with van der Waals surface area (Å²) in [7, 11) is 4.18. The summed E-state index contributed by atoms with van der Waals surface area (Å²) in [4.78, 5) is 10.3. The van der Waals surface area contributed by atoms with Crippen molar-refractivity contribution in [2.24, 2.45) is 14.1 Å². The molecule has 0 aliphatic heterocycles. The third kappa shape index (κ3) is 4.71. The van der Waals surface area contributed by atoms with Gasteiger partial charge in [-0.25, -0.2) is 0 Å². The average molecular weight is 848 g/mol. The Balaban J connectivity index is 0.00000360. The van der Waals surface area contributed by atoms with Gasteiger partial charge in [-0.05, 0) is 52.1 Å². The van der Waals surface area contributed by atoms with E-state index in [-0.39, 0.29) is 21.1 Å². The number of hydrogen-bond acceptors (Lipinski definition) is 2. The molecule has 0 radical (unpaired) electrons. The van der Waals surface area contributed by atoms with Crippen LogP contribution in [0.15, 0.2) is 158 Å². The molecule has 0 spiro atoms. The van der Waals surface area contributed by atoms with Crippen LogP contribution in [0.4, 0.5) is 0 Å². The van der Waals surface area contributed by atoms with Crippen molar-refractivity contribution >= 4 is 22.1 Å². The fraction of sp³-hybridized carbons (Fsp3) is 0.0638. The summed E-state index contributed by atoms with van der Waals surface area (Å²) in [5.74, 6) is 1.76. The first kappa shape index (κ1) is 32.1. The molecule has 4 nitrogen and oxygen atoms in total. The van der Waals surface area contributed by atoms with Crippen molar-refractivity contribution in [3.63, 3.8) is 0 Å². The van der Waals surface area contributed by atoms with E-state index in [1.54, 1.807) is 0 Å². The molecular weight excluding hydrogens is 816 g/mol. The number of imidazole rings is 2. The fourth-order valence-corrected chi connectivity index (χ4v) is 8.24. The second-order valence-electron chi connectivity index (χ2n) is 13.3. The molecule has 1 aliphatic carbocycles. The molecule has 52 heavy (non-hydrogen) atoms. The van der Waals surface area contributed by atoms with Gasteiger partial charge in [-0.1, -0.05) is 103 Å². The van der Waals surface area contributed by atoms with E-state index in [1.807, 2.05) is 12.1 Å². The summed E-state index contributed by atoms with van der Waals surface area (Å²) in [6.07, 6.45) is 0. The Morgan fingerprint density at radius 3 is 1.60 bits per heavy atom. The maximum absolute atomic E-state index is 5.17. The van der Waals surface area contributed by atoms with Crippen molar-refractivity contribution in [2.75, 3.05) is 0 Å². The van der Waals surface area contributed by atoms with Gasteiger partial charge < -0.3 is 9.13 Å². The minimum Gasteiger partial charge on any atom is -0.367 e. The van der Waals surface area contributed by atoms with Crippen LogP contribution in [0.3, 0.4) is 0 Å². The molecule has 10 rings (SSSR count). The first-order valence-electron chi connectivity index (χ1n) is 17.3. The van der Waals surface area contributed by atoms with Gasteiger partial charge in [0.15, 0.2) is 0 Å². The van der Waals surface area contributed by atoms with Gasteiger partial charge in [0.1, 0.15) is 0 Å². The van der Waals surface area contributed by atoms with Crippen LogP contribution < -0.4 is 0 Å². The van der Waals surface area contributed by atoms with Crippen LogP contribution in [-0.4, -0.2) is 19.1 Å². The molecule has 2 heterocycles. The molecule has 9 aromatic rings. The van der Waals surface area contributed by atoms with Gasteiger partial charge in [0.05, 0.1) is 33.7 Å². The summed E-state index contributed by atoms with van der Waals surface area (Å²) in [5.41, 5.74) is 14.5. The van der Waals surface area contributed by atoms with Crippen molar-refractivity contribution in [1.29, 1.82) is 0 Å². The Morgan fingerprint density at radius 1 is 0.462 bits per heavy atom. The number of fused-ring (bicyclic) bond motifs is 5. The standard InChI is InChI=1S/C47H32N4.Pt/c1-50-43-25-12-10-23-41(43)48-45(50)32-17-14-18-35(28-32)47(39-21-8-6-19-37(39)38-20-7-9-22-40(38)47)36-29-33(31-15-4-3-5-16-31)27-34(30-36)46-49-42-24-11-13-26-44(42)51(46)2;/h3-27,29H,1-2H3;/q-2;+2. The van der Waals surface area contributed by atoms with E-state index in [9.17, 15) is 0 Å². The first-order valence-corrected chi connectivity index (χ1v) is 17.3. The molecule has 2 aromatic heterocycles. The minimum atomic E-state index is -0.724. The molecule has 5 heteroatoms. The zero-order valence-electron chi connectivity index (χ0n) is 28.6. The topological polar surface area (TPSA) is 35.6 Å². The van der Waals surface area contributed by atoms with Crippen molar-refractivity contribution < 1.29 is 21.1 Å². The number of rotatable bonds is 5. The molecule has 0 fully saturated rings. The number of para-hydroxylation sites is 4. The van der Waals surface area contributed by atoms with Gasteiger partial charge in [-0.3, -0.25) is 9.97 Å². The summed E-state index contributed by atoms with van der Waals surface area (Å²) in [6, 6.07) is 63.9. The zero-order valence-corrected chi connectivity index (χ0v) is 30.9. The van der Waals surface area contributed by atoms with E-state index in [0.29, 0.717) is 0 Å². The van der Waals surface area contributed by atoms with E-state index in [0.717, 1.165) is 67.1 Å².